The second kappa shape index (κ2) is 4.85. The highest BCUT2D eigenvalue weighted by molar-refractivity contribution is 7.16. The molecule has 0 atom stereocenters. The second-order valence-electron chi connectivity index (χ2n) is 3.70. The fourth-order valence-electron chi connectivity index (χ4n) is 1.57. The number of anilines is 1. The minimum Gasteiger partial charge on any atom is -0.438 e. The largest absolute Gasteiger partial charge is 0.438 e. The van der Waals surface area contributed by atoms with E-state index >= 15 is 0 Å². The number of aromatic nitrogens is 2. The summed E-state index contributed by atoms with van der Waals surface area (Å²) in [6.07, 6.45) is 0. The Bertz CT molecular complexity index is 760. The van der Waals surface area contributed by atoms with Crippen molar-refractivity contribution in [2.45, 2.75) is 0 Å². The molecule has 0 aliphatic heterocycles. The van der Waals surface area contributed by atoms with E-state index in [0.29, 0.717) is 21.7 Å². The molecule has 2 N–H and O–H groups in total. The van der Waals surface area contributed by atoms with E-state index in [-0.39, 0.29) is 5.95 Å². The van der Waals surface area contributed by atoms with Crippen molar-refractivity contribution in [3.63, 3.8) is 0 Å². The van der Waals surface area contributed by atoms with Gasteiger partial charge in [0.1, 0.15) is 10.6 Å². The zero-order chi connectivity index (χ0) is 13.4. The Labute approximate surface area is 122 Å². The molecule has 3 aromatic rings. The fourth-order valence-corrected chi connectivity index (χ4v) is 2.62. The van der Waals surface area contributed by atoms with Crippen LogP contribution in [0.15, 0.2) is 29.6 Å². The first-order valence-electron chi connectivity index (χ1n) is 5.27. The van der Waals surface area contributed by atoms with Crippen LogP contribution < -0.4 is 10.5 Å². The summed E-state index contributed by atoms with van der Waals surface area (Å²) in [7, 11) is 0. The van der Waals surface area contributed by atoms with E-state index in [9.17, 15) is 0 Å². The van der Waals surface area contributed by atoms with Crippen LogP contribution in [0.2, 0.25) is 10.0 Å². The number of rotatable bonds is 2. The summed E-state index contributed by atoms with van der Waals surface area (Å²) < 4.78 is 5.70. The molecule has 0 aliphatic carbocycles. The van der Waals surface area contributed by atoms with Crippen molar-refractivity contribution < 1.29 is 4.74 Å². The van der Waals surface area contributed by atoms with Gasteiger partial charge in [-0.25, -0.2) is 4.98 Å². The number of fused-ring (bicyclic) bond motifs is 1. The van der Waals surface area contributed by atoms with Crippen LogP contribution in [-0.4, -0.2) is 9.97 Å². The first-order chi connectivity index (χ1) is 9.13. The molecule has 0 aliphatic rings. The van der Waals surface area contributed by atoms with E-state index in [1.165, 1.54) is 11.3 Å². The van der Waals surface area contributed by atoms with Gasteiger partial charge in [-0.2, -0.15) is 4.98 Å². The Morgan fingerprint density at radius 2 is 1.95 bits per heavy atom. The quantitative estimate of drug-likeness (QED) is 0.763. The molecule has 0 spiro atoms. The monoisotopic (exact) mass is 311 g/mol. The third-order valence-corrected chi connectivity index (χ3v) is 3.96. The Morgan fingerprint density at radius 1 is 1.11 bits per heavy atom. The van der Waals surface area contributed by atoms with Gasteiger partial charge in [-0.3, -0.25) is 0 Å². The van der Waals surface area contributed by atoms with Gasteiger partial charge < -0.3 is 10.5 Å². The van der Waals surface area contributed by atoms with Crippen LogP contribution in [0, 0.1) is 0 Å². The lowest BCUT2D eigenvalue weighted by atomic mass is 10.3. The molecule has 3 rings (SSSR count). The molecule has 0 saturated heterocycles. The lowest BCUT2D eigenvalue weighted by molar-refractivity contribution is 0.469. The van der Waals surface area contributed by atoms with E-state index in [0.717, 1.165) is 10.2 Å². The fraction of sp³-hybridized carbons (Fsp3) is 0. The first kappa shape index (κ1) is 12.5. The SMILES string of the molecule is Nc1nc(Oc2ccc(Cl)c(Cl)c2)c2ccsc2n1. The predicted molar refractivity (Wildman–Crippen MR) is 78.4 cm³/mol. The Balaban J connectivity index is 2.04. The molecule has 0 fully saturated rings. The van der Waals surface area contributed by atoms with Gasteiger partial charge in [0.25, 0.3) is 0 Å². The number of nitrogen functional groups attached to an aromatic ring is 1. The summed E-state index contributed by atoms with van der Waals surface area (Å²) in [6.45, 7) is 0. The molecular weight excluding hydrogens is 305 g/mol. The average Bonchev–Trinajstić information content (AvgIpc) is 2.82. The van der Waals surface area contributed by atoms with Gasteiger partial charge in [-0.05, 0) is 23.6 Å². The van der Waals surface area contributed by atoms with Gasteiger partial charge in [0, 0.05) is 6.07 Å². The highest BCUT2D eigenvalue weighted by Gasteiger charge is 2.10. The molecule has 4 nitrogen and oxygen atoms in total. The van der Waals surface area contributed by atoms with Gasteiger partial charge >= 0.3 is 0 Å². The summed E-state index contributed by atoms with van der Waals surface area (Å²) >= 11 is 13.3. The lowest BCUT2D eigenvalue weighted by Gasteiger charge is -2.07. The lowest BCUT2D eigenvalue weighted by Crippen LogP contribution is -1.97. The van der Waals surface area contributed by atoms with Crippen molar-refractivity contribution in [1.29, 1.82) is 0 Å². The van der Waals surface area contributed by atoms with Crippen molar-refractivity contribution in [3.05, 3.63) is 39.7 Å². The van der Waals surface area contributed by atoms with Crippen molar-refractivity contribution in [1.82, 2.24) is 9.97 Å². The molecule has 0 saturated carbocycles. The maximum Gasteiger partial charge on any atom is 0.232 e. The van der Waals surface area contributed by atoms with E-state index in [2.05, 4.69) is 9.97 Å². The van der Waals surface area contributed by atoms with Crippen LogP contribution in [0.4, 0.5) is 5.95 Å². The summed E-state index contributed by atoms with van der Waals surface area (Å²) in [6, 6.07) is 6.88. The maximum atomic E-state index is 5.94. The van der Waals surface area contributed by atoms with Gasteiger partial charge in [-0.1, -0.05) is 23.2 Å². The summed E-state index contributed by atoms with van der Waals surface area (Å²) in [5, 5.41) is 3.60. The third-order valence-electron chi connectivity index (χ3n) is 2.41. The Hall–Kier alpha value is -1.56. The second-order valence-corrected chi connectivity index (χ2v) is 5.41. The molecule has 2 aromatic heterocycles. The molecule has 7 heteroatoms. The Kier molecular flexibility index (Phi) is 3.18. The highest BCUT2D eigenvalue weighted by atomic mass is 35.5. The highest BCUT2D eigenvalue weighted by Crippen LogP contribution is 2.33. The van der Waals surface area contributed by atoms with Gasteiger partial charge in [-0.15, -0.1) is 11.3 Å². The number of benzene rings is 1. The summed E-state index contributed by atoms with van der Waals surface area (Å²) in [4.78, 5) is 9.00. The summed E-state index contributed by atoms with van der Waals surface area (Å²) in [5.74, 6) is 1.12. The number of nitrogens with zero attached hydrogens (tertiary/aromatic N) is 2. The van der Waals surface area contributed by atoms with Gasteiger partial charge in [0.05, 0.1) is 15.4 Å². The van der Waals surface area contributed by atoms with E-state index in [4.69, 9.17) is 33.7 Å². The number of nitrogens with two attached hydrogens (primary N) is 1. The number of ether oxygens (including phenoxy) is 1. The predicted octanol–water partition coefficient (Wildman–Crippen LogP) is 4.37. The van der Waals surface area contributed by atoms with Crippen LogP contribution in [0.25, 0.3) is 10.2 Å². The summed E-state index contributed by atoms with van der Waals surface area (Å²) in [5.41, 5.74) is 5.65. The van der Waals surface area contributed by atoms with Crippen molar-refractivity contribution in [2.75, 3.05) is 5.73 Å². The molecule has 2 heterocycles. The topological polar surface area (TPSA) is 61.0 Å². The van der Waals surface area contributed by atoms with Gasteiger partial charge in [0.15, 0.2) is 0 Å². The van der Waals surface area contributed by atoms with Crippen LogP contribution in [0.5, 0.6) is 11.6 Å². The molecule has 19 heavy (non-hydrogen) atoms. The zero-order valence-corrected chi connectivity index (χ0v) is 11.8. The molecular formula is C12H7Cl2N3OS. The maximum absolute atomic E-state index is 5.94. The van der Waals surface area contributed by atoms with Crippen LogP contribution in [-0.2, 0) is 0 Å². The molecule has 0 unspecified atom stereocenters. The standard InChI is InChI=1S/C12H7Cl2N3OS/c13-8-2-1-6(5-9(8)14)18-10-7-3-4-19-11(7)17-12(15)16-10/h1-5H,(H2,15,16,17). The molecule has 1 aromatic carbocycles. The molecule has 0 radical (unpaired) electrons. The normalized spacial score (nSPS) is 10.8. The first-order valence-corrected chi connectivity index (χ1v) is 6.90. The van der Waals surface area contributed by atoms with Crippen molar-refractivity contribution in [3.8, 4) is 11.6 Å². The minimum absolute atomic E-state index is 0.171. The Morgan fingerprint density at radius 3 is 2.74 bits per heavy atom. The molecule has 0 amide bonds. The number of hydrogen-bond acceptors (Lipinski definition) is 5. The van der Waals surface area contributed by atoms with Crippen molar-refractivity contribution >= 4 is 50.7 Å². The van der Waals surface area contributed by atoms with E-state index < -0.39 is 0 Å². The van der Waals surface area contributed by atoms with Crippen molar-refractivity contribution in [2.24, 2.45) is 0 Å². The van der Waals surface area contributed by atoms with E-state index in [1.807, 2.05) is 11.4 Å². The molecule has 0 bridgehead atoms. The van der Waals surface area contributed by atoms with Crippen LogP contribution in [0.1, 0.15) is 0 Å². The number of thiophene rings is 1. The van der Waals surface area contributed by atoms with Crippen LogP contribution >= 0.6 is 34.5 Å². The smallest absolute Gasteiger partial charge is 0.232 e. The van der Waals surface area contributed by atoms with Gasteiger partial charge in [0.2, 0.25) is 11.8 Å². The number of hydrogen-bond donors (Lipinski definition) is 1. The third kappa shape index (κ3) is 2.45. The average molecular weight is 312 g/mol. The zero-order valence-electron chi connectivity index (χ0n) is 9.43. The minimum atomic E-state index is 0.171. The number of halogens is 2. The van der Waals surface area contributed by atoms with E-state index in [1.54, 1.807) is 18.2 Å². The van der Waals surface area contributed by atoms with Crippen LogP contribution in [0.3, 0.4) is 0 Å². The molecule has 96 valence electrons.